The van der Waals surface area contributed by atoms with Crippen molar-refractivity contribution in [1.29, 1.82) is 0 Å². The number of carboxylic acids is 2. The van der Waals surface area contributed by atoms with Crippen LogP contribution in [0.15, 0.2) is 30.3 Å². The first-order valence-corrected chi connectivity index (χ1v) is 5.75. The van der Waals surface area contributed by atoms with Crippen LogP contribution in [-0.4, -0.2) is 28.1 Å². The van der Waals surface area contributed by atoms with Crippen LogP contribution in [0.2, 0.25) is 0 Å². The fraction of sp³-hybridized carbons (Fsp3) is 0.308. The number of carboxylic acid groups (broad SMARTS) is 2. The van der Waals surface area contributed by atoms with Gasteiger partial charge in [0, 0.05) is 5.92 Å². The molecule has 100 valence electrons. The molecule has 0 unspecified atom stereocenters. The van der Waals surface area contributed by atoms with Gasteiger partial charge < -0.3 is 15.9 Å². The van der Waals surface area contributed by atoms with Gasteiger partial charge in [0.05, 0.1) is 17.8 Å². The Balaban J connectivity index is 2.42. The highest BCUT2D eigenvalue weighted by molar-refractivity contribution is 5.92. The van der Waals surface area contributed by atoms with Gasteiger partial charge in [0.1, 0.15) is 0 Å². The van der Waals surface area contributed by atoms with E-state index in [0.29, 0.717) is 5.56 Å². The maximum Gasteiger partial charge on any atom is 0.308 e. The minimum absolute atomic E-state index is 0.621. The lowest BCUT2D eigenvalue weighted by molar-refractivity contribution is -0.171. The third kappa shape index (κ3) is 2.05. The Hall–Kier alpha value is -2.37. The SMILES string of the molecule is NC(=O)[C@@H]1[C@H](C(=O)O)[C@@H](C(=O)O)[C@H]1c1ccccc1. The second kappa shape index (κ2) is 4.72. The fourth-order valence-electron chi connectivity index (χ4n) is 2.81. The standard InChI is InChI=1S/C13H13NO5/c14-11(15)8-7(6-4-2-1-3-5-6)9(12(16)17)10(8)13(18)19/h1-5,7-10H,(H2,14,15)(H,16,17)(H,18,19)/t7-,8-,9-,10-/m0/s1. The van der Waals surface area contributed by atoms with Crippen LogP contribution in [0.25, 0.3) is 0 Å². The molecule has 1 aliphatic carbocycles. The third-order valence-corrected chi connectivity index (χ3v) is 3.63. The molecule has 0 saturated heterocycles. The van der Waals surface area contributed by atoms with Crippen molar-refractivity contribution in [3.63, 3.8) is 0 Å². The molecule has 1 amide bonds. The molecule has 1 saturated carbocycles. The molecular formula is C13H13NO5. The zero-order valence-electron chi connectivity index (χ0n) is 9.89. The first kappa shape index (κ1) is 13.1. The lowest BCUT2D eigenvalue weighted by Crippen LogP contribution is -2.57. The number of hydrogen-bond acceptors (Lipinski definition) is 3. The molecule has 6 heteroatoms. The van der Waals surface area contributed by atoms with Crippen molar-refractivity contribution in [3.05, 3.63) is 35.9 Å². The fourth-order valence-corrected chi connectivity index (χ4v) is 2.81. The number of nitrogens with two attached hydrogens (primary N) is 1. The van der Waals surface area contributed by atoms with Gasteiger partial charge in [-0.1, -0.05) is 30.3 Å². The highest BCUT2D eigenvalue weighted by Crippen LogP contribution is 2.52. The van der Waals surface area contributed by atoms with Crippen LogP contribution in [-0.2, 0) is 14.4 Å². The Morgan fingerprint density at radius 2 is 1.42 bits per heavy atom. The molecule has 2 rings (SSSR count). The van der Waals surface area contributed by atoms with E-state index in [1.807, 2.05) is 0 Å². The van der Waals surface area contributed by atoms with Crippen molar-refractivity contribution < 1.29 is 24.6 Å². The van der Waals surface area contributed by atoms with Crippen LogP contribution in [0.5, 0.6) is 0 Å². The van der Waals surface area contributed by atoms with E-state index in [9.17, 15) is 14.4 Å². The van der Waals surface area contributed by atoms with Crippen molar-refractivity contribution in [3.8, 4) is 0 Å². The number of amides is 1. The molecule has 4 N–H and O–H groups in total. The summed E-state index contributed by atoms with van der Waals surface area (Å²) in [6, 6.07) is 8.52. The maximum absolute atomic E-state index is 11.4. The third-order valence-electron chi connectivity index (χ3n) is 3.63. The molecule has 0 radical (unpaired) electrons. The average molecular weight is 263 g/mol. The maximum atomic E-state index is 11.4. The van der Waals surface area contributed by atoms with Crippen LogP contribution in [0.3, 0.4) is 0 Å². The Labute approximate surface area is 108 Å². The van der Waals surface area contributed by atoms with Crippen LogP contribution in [0.1, 0.15) is 11.5 Å². The predicted molar refractivity (Wildman–Crippen MR) is 64.1 cm³/mol. The summed E-state index contributed by atoms with van der Waals surface area (Å²) < 4.78 is 0. The van der Waals surface area contributed by atoms with Gasteiger partial charge in [-0.15, -0.1) is 0 Å². The van der Waals surface area contributed by atoms with Gasteiger partial charge in [-0.3, -0.25) is 14.4 Å². The van der Waals surface area contributed by atoms with Crippen molar-refractivity contribution in [2.24, 2.45) is 23.5 Å². The Kier molecular flexibility index (Phi) is 3.25. The van der Waals surface area contributed by atoms with Gasteiger partial charge in [0.15, 0.2) is 0 Å². The molecule has 0 aromatic heterocycles. The van der Waals surface area contributed by atoms with Crippen LogP contribution < -0.4 is 5.73 Å². The number of primary amides is 1. The van der Waals surface area contributed by atoms with Gasteiger partial charge >= 0.3 is 11.9 Å². The summed E-state index contributed by atoms with van der Waals surface area (Å²) >= 11 is 0. The van der Waals surface area contributed by atoms with Crippen molar-refractivity contribution in [1.82, 2.24) is 0 Å². The number of rotatable bonds is 4. The number of hydrogen-bond donors (Lipinski definition) is 3. The molecule has 0 heterocycles. The molecule has 1 aromatic carbocycles. The van der Waals surface area contributed by atoms with E-state index in [0.717, 1.165) is 0 Å². The van der Waals surface area contributed by atoms with E-state index in [-0.39, 0.29) is 0 Å². The van der Waals surface area contributed by atoms with Gasteiger partial charge in [-0.2, -0.15) is 0 Å². The molecule has 19 heavy (non-hydrogen) atoms. The lowest BCUT2D eigenvalue weighted by Gasteiger charge is -2.46. The molecule has 4 atom stereocenters. The summed E-state index contributed by atoms with van der Waals surface area (Å²) in [6.07, 6.45) is 0. The topological polar surface area (TPSA) is 118 Å². The largest absolute Gasteiger partial charge is 0.481 e. The summed E-state index contributed by atoms with van der Waals surface area (Å²) in [6.45, 7) is 0. The van der Waals surface area contributed by atoms with Gasteiger partial charge in [-0.05, 0) is 5.56 Å². The number of benzene rings is 1. The van der Waals surface area contributed by atoms with Crippen LogP contribution in [0, 0.1) is 17.8 Å². The van der Waals surface area contributed by atoms with E-state index >= 15 is 0 Å². The smallest absolute Gasteiger partial charge is 0.308 e. The summed E-state index contributed by atoms with van der Waals surface area (Å²) in [4.78, 5) is 33.8. The molecule has 0 spiro atoms. The minimum atomic E-state index is -1.30. The Morgan fingerprint density at radius 3 is 1.84 bits per heavy atom. The van der Waals surface area contributed by atoms with Gasteiger partial charge in [0.2, 0.25) is 5.91 Å². The first-order chi connectivity index (χ1) is 8.95. The minimum Gasteiger partial charge on any atom is -0.481 e. The van der Waals surface area contributed by atoms with E-state index in [4.69, 9.17) is 15.9 Å². The highest BCUT2D eigenvalue weighted by Gasteiger charge is 2.60. The zero-order chi connectivity index (χ0) is 14.2. The number of carbonyl (C=O) groups excluding carboxylic acids is 1. The molecule has 1 fully saturated rings. The van der Waals surface area contributed by atoms with E-state index in [1.165, 1.54) is 0 Å². The quantitative estimate of drug-likeness (QED) is 0.721. The van der Waals surface area contributed by atoms with Gasteiger partial charge in [0.25, 0.3) is 0 Å². The van der Waals surface area contributed by atoms with Crippen molar-refractivity contribution in [2.45, 2.75) is 5.92 Å². The predicted octanol–water partition coefficient (Wildman–Crippen LogP) is 0.287. The monoisotopic (exact) mass is 263 g/mol. The van der Waals surface area contributed by atoms with Crippen molar-refractivity contribution >= 4 is 17.8 Å². The molecule has 0 aliphatic heterocycles. The Morgan fingerprint density at radius 1 is 0.895 bits per heavy atom. The highest BCUT2D eigenvalue weighted by atomic mass is 16.4. The zero-order valence-corrected chi connectivity index (χ0v) is 9.89. The van der Waals surface area contributed by atoms with E-state index in [2.05, 4.69) is 0 Å². The van der Waals surface area contributed by atoms with E-state index < -0.39 is 41.5 Å². The molecule has 6 nitrogen and oxygen atoms in total. The number of aliphatic carboxylic acids is 2. The Bertz CT molecular complexity index is 505. The second-order valence-corrected chi connectivity index (χ2v) is 4.59. The lowest BCUT2D eigenvalue weighted by atomic mass is 9.54. The average Bonchev–Trinajstić information content (AvgIpc) is 2.27. The van der Waals surface area contributed by atoms with Crippen molar-refractivity contribution in [2.75, 3.05) is 0 Å². The number of carbonyl (C=O) groups is 3. The second-order valence-electron chi connectivity index (χ2n) is 4.59. The summed E-state index contributed by atoms with van der Waals surface area (Å²) in [7, 11) is 0. The molecule has 0 bridgehead atoms. The first-order valence-electron chi connectivity index (χ1n) is 5.75. The summed E-state index contributed by atoms with van der Waals surface area (Å²) in [5.74, 6) is -7.36. The normalized spacial score (nSPS) is 29.3. The van der Waals surface area contributed by atoms with Crippen LogP contribution >= 0.6 is 0 Å². The molecule has 1 aliphatic rings. The molecular weight excluding hydrogens is 250 g/mol. The molecule has 1 aromatic rings. The summed E-state index contributed by atoms with van der Waals surface area (Å²) in [5, 5.41) is 18.2. The summed E-state index contributed by atoms with van der Waals surface area (Å²) in [5.41, 5.74) is 5.84. The van der Waals surface area contributed by atoms with Gasteiger partial charge in [-0.25, -0.2) is 0 Å². The van der Waals surface area contributed by atoms with E-state index in [1.54, 1.807) is 30.3 Å². The van der Waals surface area contributed by atoms with Crippen LogP contribution in [0.4, 0.5) is 0 Å².